The van der Waals surface area contributed by atoms with Crippen LogP contribution in [0.15, 0.2) is 0 Å². The molecule has 0 aromatic heterocycles. The second-order valence-electron chi connectivity index (χ2n) is 5.96. The van der Waals surface area contributed by atoms with Crippen molar-refractivity contribution in [3.05, 3.63) is 0 Å². The van der Waals surface area contributed by atoms with Crippen LogP contribution < -0.4 is 10.6 Å². The van der Waals surface area contributed by atoms with Crippen LogP contribution in [-0.4, -0.2) is 49.1 Å². The molecule has 0 spiro atoms. The fourth-order valence-electron chi connectivity index (χ4n) is 2.95. The molecule has 0 aliphatic carbocycles. The van der Waals surface area contributed by atoms with Crippen LogP contribution >= 0.6 is 12.4 Å². The lowest BCUT2D eigenvalue weighted by Crippen LogP contribution is -2.49. The molecule has 1 amide bonds. The Morgan fingerprint density at radius 3 is 2.47 bits per heavy atom. The molecule has 0 aromatic carbocycles. The van der Waals surface area contributed by atoms with Gasteiger partial charge in [0.1, 0.15) is 0 Å². The monoisotopic (exact) mass is 289 g/mol. The lowest BCUT2D eigenvalue weighted by molar-refractivity contribution is -0.126. The third-order valence-electron chi connectivity index (χ3n) is 4.27. The van der Waals surface area contributed by atoms with Gasteiger partial charge in [-0.05, 0) is 46.1 Å². The summed E-state index contributed by atoms with van der Waals surface area (Å²) in [6.45, 7) is 8.64. The van der Waals surface area contributed by atoms with Crippen LogP contribution in [0.25, 0.3) is 0 Å². The van der Waals surface area contributed by atoms with Crippen LogP contribution in [0.4, 0.5) is 0 Å². The van der Waals surface area contributed by atoms with Crippen LogP contribution in [0.1, 0.15) is 39.5 Å². The van der Waals surface area contributed by atoms with Gasteiger partial charge in [0, 0.05) is 31.7 Å². The molecular weight excluding hydrogens is 262 g/mol. The quantitative estimate of drug-likeness (QED) is 0.825. The number of halogens is 1. The number of piperidine rings is 2. The van der Waals surface area contributed by atoms with Crippen molar-refractivity contribution in [1.82, 2.24) is 15.5 Å². The summed E-state index contributed by atoms with van der Waals surface area (Å²) >= 11 is 0. The molecule has 112 valence electrons. The molecule has 2 heterocycles. The predicted molar refractivity (Wildman–Crippen MR) is 80.7 cm³/mol. The molecule has 2 aliphatic heterocycles. The van der Waals surface area contributed by atoms with E-state index in [2.05, 4.69) is 29.4 Å². The van der Waals surface area contributed by atoms with E-state index in [1.54, 1.807) is 0 Å². The maximum atomic E-state index is 12.1. The molecule has 0 aromatic rings. The minimum absolute atomic E-state index is 0. The number of hydrogen-bond donors (Lipinski definition) is 2. The van der Waals surface area contributed by atoms with E-state index < -0.39 is 0 Å². The summed E-state index contributed by atoms with van der Waals surface area (Å²) in [5.41, 5.74) is 0. The number of carbonyl (C=O) groups is 1. The van der Waals surface area contributed by atoms with Crippen LogP contribution in [0, 0.1) is 5.92 Å². The molecule has 2 fully saturated rings. The highest BCUT2D eigenvalue weighted by atomic mass is 35.5. The highest BCUT2D eigenvalue weighted by Gasteiger charge is 2.26. The Labute approximate surface area is 123 Å². The van der Waals surface area contributed by atoms with Crippen molar-refractivity contribution in [3.63, 3.8) is 0 Å². The first-order chi connectivity index (χ1) is 8.66. The van der Waals surface area contributed by atoms with Gasteiger partial charge in [-0.3, -0.25) is 4.79 Å². The van der Waals surface area contributed by atoms with Crippen molar-refractivity contribution in [2.75, 3.05) is 26.2 Å². The molecule has 0 unspecified atom stereocenters. The number of rotatable bonds is 3. The molecule has 2 N–H and O–H groups in total. The second kappa shape index (κ2) is 8.08. The van der Waals surface area contributed by atoms with Crippen molar-refractivity contribution in [2.24, 2.45) is 5.92 Å². The number of nitrogens with one attached hydrogen (secondary N) is 2. The number of nitrogens with zero attached hydrogens (tertiary/aromatic N) is 1. The molecule has 4 nitrogen and oxygen atoms in total. The first-order valence-corrected chi connectivity index (χ1v) is 7.42. The lowest BCUT2D eigenvalue weighted by Gasteiger charge is -2.35. The zero-order chi connectivity index (χ0) is 13.0. The van der Waals surface area contributed by atoms with Gasteiger partial charge in [-0.2, -0.15) is 0 Å². The van der Waals surface area contributed by atoms with Crippen LogP contribution in [-0.2, 0) is 4.79 Å². The second-order valence-corrected chi connectivity index (χ2v) is 5.96. The van der Waals surface area contributed by atoms with E-state index in [-0.39, 0.29) is 24.2 Å². The Kier molecular flexibility index (Phi) is 7.11. The minimum Gasteiger partial charge on any atom is -0.353 e. The van der Waals surface area contributed by atoms with E-state index in [1.165, 1.54) is 0 Å². The molecule has 0 bridgehead atoms. The topological polar surface area (TPSA) is 44.4 Å². The first kappa shape index (κ1) is 16.7. The predicted octanol–water partition coefficient (Wildman–Crippen LogP) is 1.40. The van der Waals surface area contributed by atoms with Crippen molar-refractivity contribution in [3.8, 4) is 0 Å². The van der Waals surface area contributed by atoms with Gasteiger partial charge in [0.2, 0.25) is 5.91 Å². The highest BCUT2D eigenvalue weighted by Crippen LogP contribution is 2.15. The summed E-state index contributed by atoms with van der Waals surface area (Å²) in [7, 11) is 0. The Morgan fingerprint density at radius 1 is 1.26 bits per heavy atom. The zero-order valence-electron chi connectivity index (χ0n) is 12.2. The van der Waals surface area contributed by atoms with E-state index in [4.69, 9.17) is 0 Å². The third kappa shape index (κ3) is 4.93. The Morgan fingerprint density at radius 2 is 1.95 bits per heavy atom. The van der Waals surface area contributed by atoms with Gasteiger partial charge in [-0.25, -0.2) is 0 Å². The summed E-state index contributed by atoms with van der Waals surface area (Å²) < 4.78 is 0. The van der Waals surface area contributed by atoms with Crippen LogP contribution in [0.3, 0.4) is 0 Å². The minimum atomic E-state index is 0. The Bertz CT molecular complexity index is 272. The number of amides is 1. The highest BCUT2D eigenvalue weighted by molar-refractivity contribution is 5.85. The summed E-state index contributed by atoms with van der Waals surface area (Å²) in [6.07, 6.45) is 4.38. The van der Waals surface area contributed by atoms with Crippen molar-refractivity contribution >= 4 is 18.3 Å². The van der Waals surface area contributed by atoms with E-state index >= 15 is 0 Å². The number of carbonyl (C=O) groups excluding carboxylic acids is 1. The lowest BCUT2D eigenvalue weighted by atomic mass is 9.97. The van der Waals surface area contributed by atoms with Crippen LogP contribution in [0.2, 0.25) is 0 Å². The van der Waals surface area contributed by atoms with Gasteiger partial charge < -0.3 is 15.5 Å². The fraction of sp³-hybridized carbons (Fsp3) is 0.929. The number of hydrogen-bond acceptors (Lipinski definition) is 3. The van der Waals surface area contributed by atoms with Crippen molar-refractivity contribution < 1.29 is 4.79 Å². The van der Waals surface area contributed by atoms with E-state index in [0.717, 1.165) is 51.9 Å². The maximum absolute atomic E-state index is 12.1. The van der Waals surface area contributed by atoms with Gasteiger partial charge in [0.25, 0.3) is 0 Å². The smallest absolute Gasteiger partial charge is 0.224 e. The van der Waals surface area contributed by atoms with Gasteiger partial charge >= 0.3 is 0 Å². The molecular formula is C14H28ClN3O. The molecule has 5 heteroatoms. The normalized spacial score (nSPS) is 25.9. The van der Waals surface area contributed by atoms with Crippen LogP contribution in [0.5, 0.6) is 0 Å². The molecule has 2 aliphatic rings. The average Bonchev–Trinajstić information content (AvgIpc) is 2.40. The van der Waals surface area contributed by atoms with Crippen molar-refractivity contribution in [2.45, 2.75) is 51.6 Å². The zero-order valence-corrected chi connectivity index (χ0v) is 13.0. The molecule has 1 atom stereocenters. The molecule has 19 heavy (non-hydrogen) atoms. The van der Waals surface area contributed by atoms with Gasteiger partial charge in [-0.1, -0.05) is 0 Å². The van der Waals surface area contributed by atoms with Gasteiger partial charge in [-0.15, -0.1) is 12.4 Å². The van der Waals surface area contributed by atoms with Crippen molar-refractivity contribution in [1.29, 1.82) is 0 Å². The SMILES string of the molecule is CC(C)N1CCC(NC(=O)[C@@H]2CCCNC2)CC1.Cl. The first-order valence-electron chi connectivity index (χ1n) is 7.42. The average molecular weight is 290 g/mol. The largest absolute Gasteiger partial charge is 0.353 e. The van der Waals surface area contributed by atoms with E-state index in [0.29, 0.717) is 12.1 Å². The van der Waals surface area contributed by atoms with E-state index in [1.807, 2.05) is 0 Å². The number of likely N-dealkylation sites (tertiary alicyclic amines) is 1. The summed E-state index contributed by atoms with van der Waals surface area (Å²) in [4.78, 5) is 14.6. The summed E-state index contributed by atoms with van der Waals surface area (Å²) in [5.74, 6) is 0.465. The summed E-state index contributed by atoms with van der Waals surface area (Å²) in [5, 5.41) is 6.55. The van der Waals surface area contributed by atoms with Gasteiger partial charge in [0.05, 0.1) is 5.92 Å². The molecule has 0 saturated carbocycles. The molecule has 0 radical (unpaired) electrons. The third-order valence-corrected chi connectivity index (χ3v) is 4.27. The Balaban J connectivity index is 0.00000180. The maximum Gasteiger partial charge on any atom is 0.224 e. The molecule has 2 rings (SSSR count). The fourth-order valence-corrected chi connectivity index (χ4v) is 2.95. The Hall–Kier alpha value is -0.320. The summed E-state index contributed by atoms with van der Waals surface area (Å²) in [6, 6.07) is 1.03. The van der Waals surface area contributed by atoms with E-state index in [9.17, 15) is 4.79 Å². The molecule has 2 saturated heterocycles. The van der Waals surface area contributed by atoms with Gasteiger partial charge in [0.15, 0.2) is 0 Å². The standard InChI is InChI=1S/C14H27N3O.ClH/c1-11(2)17-8-5-13(6-9-17)16-14(18)12-4-3-7-15-10-12;/h11-13,15H,3-10H2,1-2H3,(H,16,18);1H/t12-;/m1./s1.